The smallest absolute Gasteiger partial charge is 0.322 e. The normalized spacial score (nSPS) is 17.0. The summed E-state index contributed by atoms with van der Waals surface area (Å²) in [6, 6.07) is 6.58. The van der Waals surface area contributed by atoms with E-state index in [4.69, 9.17) is 21.1 Å². The summed E-state index contributed by atoms with van der Waals surface area (Å²) in [5.41, 5.74) is 0.541. The Morgan fingerprint density at radius 1 is 1.40 bits per heavy atom. The fourth-order valence-corrected chi connectivity index (χ4v) is 2.88. The molecule has 0 spiro atoms. The maximum absolute atomic E-state index is 12.6. The number of nitrogens with one attached hydrogen (secondary N) is 1. The topological polar surface area (TPSA) is 76.6 Å². The first-order chi connectivity index (χ1) is 12.2. The van der Waals surface area contributed by atoms with E-state index in [0.717, 1.165) is 12.8 Å². The third-order valence-corrected chi connectivity index (χ3v) is 4.15. The van der Waals surface area contributed by atoms with Gasteiger partial charge in [-0.3, -0.25) is 0 Å². The van der Waals surface area contributed by atoms with Gasteiger partial charge in [0.2, 0.25) is 5.88 Å². The zero-order valence-corrected chi connectivity index (χ0v) is 14.6. The Kier molecular flexibility index (Phi) is 5.55. The summed E-state index contributed by atoms with van der Waals surface area (Å²) in [5.74, 6) is 1.07. The van der Waals surface area contributed by atoms with E-state index in [1.165, 1.54) is 6.33 Å². The second-order valence-electron chi connectivity index (χ2n) is 5.65. The number of rotatable bonds is 4. The summed E-state index contributed by atoms with van der Waals surface area (Å²) in [4.78, 5) is 22.2. The molecule has 1 atom stereocenters. The van der Waals surface area contributed by atoms with Crippen LogP contribution in [0.1, 0.15) is 12.8 Å². The summed E-state index contributed by atoms with van der Waals surface area (Å²) in [6.45, 7) is 1.15. The number of amides is 2. The van der Waals surface area contributed by atoms with E-state index in [2.05, 4.69) is 15.3 Å². The Morgan fingerprint density at radius 3 is 3.04 bits per heavy atom. The molecule has 2 aromatic rings. The zero-order valence-electron chi connectivity index (χ0n) is 13.8. The summed E-state index contributed by atoms with van der Waals surface area (Å²) < 4.78 is 11.1. The van der Waals surface area contributed by atoms with Gasteiger partial charge in [-0.2, -0.15) is 0 Å². The van der Waals surface area contributed by atoms with E-state index in [0.29, 0.717) is 35.4 Å². The van der Waals surface area contributed by atoms with E-state index in [1.54, 1.807) is 42.5 Å². The average Bonchev–Trinajstić information content (AvgIpc) is 2.63. The van der Waals surface area contributed by atoms with Crippen LogP contribution in [0.25, 0.3) is 0 Å². The predicted molar refractivity (Wildman–Crippen MR) is 94.3 cm³/mol. The molecule has 1 aliphatic rings. The number of carbonyl (C=O) groups excluding carboxylic acids is 1. The maximum atomic E-state index is 12.6. The van der Waals surface area contributed by atoms with Gasteiger partial charge in [-0.1, -0.05) is 11.6 Å². The van der Waals surface area contributed by atoms with Crippen molar-refractivity contribution in [3.05, 3.63) is 41.8 Å². The van der Waals surface area contributed by atoms with Crippen LogP contribution in [0.2, 0.25) is 5.02 Å². The molecule has 2 amide bonds. The Labute approximate surface area is 150 Å². The third-order valence-electron chi connectivity index (χ3n) is 3.91. The maximum Gasteiger partial charge on any atom is 0.322 e. The molecule has 2 heterocycles. The summed E-state index contributed by atoms with van der Waals surface area (Å²) in [5, 5.41) is 3.38. The fraction of sp³-hybridized carbons (Fsp3) is 0.353. The van der Waals surface area contributed by atoms with Crippen molar-refractivity contribution in [2.24, 2.45) is 0 Å². The van der Waals surface area contributed by atoms with Crippen molar-refractivity contribution in [3.63, 3.8) is 0 Å². The van der Waals surface area contributed by atoms with Crippen molar-refractivity contribution in [2.75, 3.05) is 25.5 Å². The Balaban J connectivity index is 1.63. The quantitative estimate of drug-likeness (QED) is 0.903. The molecule has 0 saturated carbocycles. The number of hydrogen-bond acceptors (Lipinski definition) is 5. The van der Waals surface area contributed by atoms with Crippen molar-refractivity contribution in [1.29, 1.82) is 0 Å². The molecule has 25 heavy (non-hydrogen) atoms. The lowest BCUT2D eigenvalue weighted by molar-refractivity contribution is 0.102. The first kappa shape index (κ1) is 17.3. The van der Waals surface area contributed by atoms with Crippen LogP contribution in [-0.2, 0) is 0 Å². The number of likely N-dealkylation sites (tertiary alicyclic amines) is 1. The average molecular weight is 363 g/mol. The molecule has 0 bridgehead atoms. The summed E-state index contributed by atoms with van der Waals surface area (Å²) in [6.07, 6.45) is 4.69. The Hall–Kier alpha value is -2.54. The van der Waals surface area contributed by atoms with Gasteiger partial charge in [-0.05, 0) is 31.0 Å². The Morgan fingerprint density at radius 2 is 2.28 bits per heavy atom. The van der Waals surface area contributed by atoms with Gasteiger partial charge in [-0.25, -0.2) is 14.8 Å². The van der Waals surface area contributed by atoms with Gasteiger partial charge in [-0.15, -0.1) is 0 Å². The predicted octanol–water partition coefficient (Wildman–Crippen LogP) is 3.21. The zero-order chi connectivity index (χ0) is 17.6. The molecule has 1 unspecified atom stereocenters. The highest BCUT2D eigenvalue weighted by Crippen LogP contribution is 2.28. The molecule has 132 valence electrons. The van der Waals surface area contributed by atoms with Gasteiger partial charge in [0, 0.05) is 23.8 Å². The fourth-order valence-electron chi connectivity index (χ4n) is 2.71. The molecule has 1 N–H and O–H groups in total. The minimum Gasteiger partial charge on any atom is -0.495 e. The highest BCUT2D eigenvalue weighted by atomic mass is 35.5. The highest BCUT2D eigenvalue weighted by Gasteiger charge is 2.25. The van der Waals surface area contributed by atoms with Crippen LogP contribution in [-0.4, -0.2) is 47.2 Å². The number of aromatic nitrogens is 2. The molecular formula is C17H19ClN4O3. The number of ether oxygens (including phenoxy) is 2. The van der Waals surface area contributed by atoms with Crippen molar-refractivity contribution in [1.82, 2.24) is 14.9 Å². The van der Waals surface area contributed by atoms with E-state index in [1.807, 2.05) is 0 Å². The Bertz CT molecular complexity index is 729. The van der Waals surface area contributed by atoms with E-state index in [-0.39, 0.29) is 12.1 Å². The van der Waals surface area contributed by atoms with Gasteiger partial charge in [0.1, 0.15) is 18.2 Å². The molecule has 1 aliphatic heterocycles. The molecule has 1 fully saturated rings. The molecule has 1 aromatic carbocycles. The number of piperidine rings is 1. The largest absolute Gasteiger partial charge is 0.495 e. The molecule has 1 aromatic heterocycles. The van der Waals surface area contributed by atoms with Gasteiger partial charge >= 0.3 is 6.03 Å². The van der Waals surface area contributed by atoms with Crippen molar-refractivity contribution in [2.45, 2.75) is 18.9 Å². The number of halogens is 1. The minimum absolute atomic E-state index is 0.101. The van der Waals surface area contributed by atoms with Gasteiger partial charge in [0.15, 0.2) is 0 Å². The number of urea groups is 1. The summed E-state index contributed by atoms with van der Waals surface area (Å²) >= 11 is 6.00. The molecule has 8 heteroatoms. The van der Waals surface area contributed by atoms with Gasteiger partial charge in [0.25, 0.3) is 0 Å². The van der Waals surface area contributed by atoms with Crippen molar-refractivity contribution < 1.29 is 14.3 Å². The van der Waals surface area contributed by atoms with Crippen LogP contribution in [0.5, 0.6) is 11.6 Å². The highest BCUT2D eigenvalue weighted by molar-refractivity contribution is 6.31. The van der Waals surface area contributed by atoms with Crippen LogP contribution in [0.3, 0.4) is 0 Å². The van der Waals surface area contributed by atoms with E-state index >= 15 is 0 Å². The van der Waals surface area contributed by atoms with Gasteiger partial charge in [0.05, 0.1) is 19.3 Å². The first-order valence-corrected chi connectivity index (χ1v) is 8.35. The van der Waals surface area contributed by atoms with Crippen LogP contribution in [0, 0.1) is 0 Å². The number of hydrogen-bond donors (Lipinski definition) is 1. The molecule has 0 aliphatic carbocycles. The molecule has 7 nitrogen and oxygen atoms in total. The second-order valence-corrected chi connectivity index (χ2v) is 6.09. The molecule has 0 radical (unpaired) electrons. The number of methoxy groups -OCH3 is 1. The minimum atomic E-state index is -0.212. The van der Waals surface area contributed by atoms with Crippen LogP contribution in [0.4, 0.5) is 10.5 Å². The SMILES string of the molecule is COc1ccc(Cl)cc1NC(=O)N1CCCC(Oc2ccncn2)C1. The van der Waals surface area contributed by atoms with E-state index in [9.17, 15) is 4.79 Å². The monoisotopic (exact) mass is 362 g/mol. The second kappa shape index (κ2) is 8.02. The molecule has 3 rings (SSSR count). The van der Waals surface area contributed by atoms with Crippen LogP contribution in [0.15, 0.2) is 36.8 Å². The lowest BCUT2D eigenvalue weighted by Gasteiger charge is -2.32. The van der Waals surface area contributed by atoms with Crippen LogP contribution >= 0.6 is 11.6 Å². The lowest BCUT2D eigenvalue weighted by atomic mass is 10.1. The number of anilines is 1. The molecular weight excluding hydrogens is 344 g/mol. The number of nitrogens with zero attached hydrogens (tertiary/aromatic N) is 3. The summed E-state index contributed by atoms with van der Waals surface area (Å²) in [7, 11) is 1.55. The van der Waals surface area contributed by atoms with Crippen molar-refractivity contribution in [3.8, 4) is 11.6 Å². The van der Waals surface area contributed by atoms with E-state index < -0.39 is 0 Å². The van der Waals surface area contributed by atoms with Crippen molar-refractivity contribution >= 4 is 23.3 Å². The molecule has 1 saturated heterocycles. The number of benzene rings is 1. The van der Waals surface area contributed by atoms with Crippen LogP contribution < -0.4 is 14.8 Å². The first-order valence-electron chi connectivity index (χ1n) is 7.98. The number of carbonyl (C=O) groups is 1. The third kappa shape index (κ3) is 4.51. The lowest BCUT2D eigenvalue weighted by Crippen LogP contribution is -2.46. The standard InChI is InChI=1S/C17H19ClN4O3/c1-24-15-5-4-12(18)9-14(15)21-17(23)22-8-2-3-13(10-22)25-16-6-7-19-11-20-16/h4-7,9,11,13H,2-3,8,10H2,1H3,(H,21,23). The van der Waals surface area contributed by atoms with Gasteiger partial charge < -0.3 is 19.7 Å².